The zero-order chi connectivity index (χ0) is 17.8. The molecule has 3 heterocycles. The fraction of sp³-hybridized carbons (Fsp3) is 0.0526. The van der Waals surface area contributed by atoms with Crippen LogP contribution in [-0.4, -0.2) is 21.1 Å². The third-order valence-corrected chi connectivity index (χ3v) is 4.33. The average Bonchev–Trinajstić information content (AvgIpc) is 3.36. The van der Waals surface area contributed by atoms with Crippen LogP contribution in [0.3, 0.4) is 0 Å². The molecule has 26 heavy (non-hydrogen) atoms. The molecule has 0 amide bonds. The third kappa shape index (κ3) is 3.52. The molecule has 0 aliphatic carbocycles. The molecule has 6 nitrogen and oxygen atoms in total. The number of nitrogens with zero attached hydrogens (tertiary/aromatic N) is 3. The van der Waals surface area contributed by atoms with E-state index < -0.39 is 5.97 Å². The van der Waals surface area contributed by atoms with Crippen LogP contribution >= 0.6 is 11.3 Å². The highest BCUT2D eigenvalue weighted by molar-refractivity contribution is 7.08. The molecular formula is C19H13N3O3S. The number of thiophene rings is 1. The quantitative estimate of drug-likeness (QED) is 0.392. The van der Waals surface area contributed by atoms with Crippen molar-refractivity contribution < 1.29 is 14.1 Å². The summed E-state index contributed by atoms with van der Waals surface area (Å²) in [5, 5.41) is 8.72. The number of benzene rings is 1. The van der Waals surface area contributed by atoms with Gasteiger partial charge in [0.15, 0.2) is 6.61 Å². The first-order valence-electron chi connectivity index (χ1n) is 7.83. The summed E-state index contributed by atoms with van der Waals surface area (Å²) in [6.07, 6.45) is 4.76. The van der Waals surface area contributed by atoms with Crippen LogP contribution in [0.1, 0.15) is 11.5 Å². The van der Waals surface area contributed by atoms with Crippen molar-refractivity contribution in [1.82, 2.24) is 15.1 Å². The number of carbonyl (C=O) groups is 1. The average molecular weight is 363 g/mol. The highest BCUT2D eigenvalue weighted by Gasteiger charge is 2.10. The van der Waals surface area contributed by atoms with E-state index in [9.17, 15) is 4.79 Å². The Hall–Kier alpha value is -3.32. The van der Waals surface area contributed by atoms with Gasteiger partial charge in [0.2, 0.25) is 5.82 Å². The number of hydrogen-bond donors (Lipinski definition) is 0. The van der Waals surface area contributed by atoms with Gasteiger partial charge in [-0.2, -0.15) is 16.3 Å². The van der Waals surface area contributed by atoms with Gasteiger partial charge in [0.1, 0.15) is 0 Å². The highest BCUT2D eigenvalue weighted by atomic mass is 32.1. The van der Waals surface area contributed by atoms with Gasteiger partial charge < -0.3 is 9.26 Å². The normalized spacial score (nSPS) is 11.2. The van der Waals surface area contributed by atoms with Crippen molar-refractivity contribution >= 4 is 34.3 Å². The number of para-hydroxylation sites is 1. The van der Waals surface area contributed by atoms with Crippen molar-refractivity contribution in [2.75, 3.05) is 0 Å². The minimum Gasteiger partial charge on any atom is -0.452 e. The van der Waals surface area contributed by atoms with Gasteiger partial charge in [0, 0.05) is 34.2 Å². The standard InChI is InChI=1S/C19H13N3O3S/c23-17(7-6-14-4-1-3-13-5-2-9-20-18(13)14)24-11-16-21-19(22-25-16)15-8-10-26-12-15/h1-10,12H,11H2/b7-6+. The molecule has 0 N–H and O–H groups in total. The van der Waals surface area contributed by atoms with Gasteiger partial charge in [-0.15, -0.1) is 0 Å². The van der Waals surface area contributed by atoms with E-state index in [1.165, 1.54) is 6.08 Å². The number of pyridine rings is 1. The van der Waals surface area contributed by atoms with E-state index in [-0.39, 0.29) is 12.5 Å². The Morgan fingerprint density at radius 3 is 3.04 bits per heavy atom. The minimum atomic E-state index is -0.492. The van der Waals surface area contributed by atoms with Crippen molar-refractivity contribution in [3.05, 3.63) is 70.9 Å². The molecule has 0 aliphatic heterocycles. The molecule has 7 heteroatoms. The Balaban J connectivity index is 1.40. The van der Waals surface area contributed by atoms with E-state index in [0.717, 1.165) is 22.0 Å². The van der Waals surface area contributed by atoms with Gasteiger partial charge in [-0.3, -0.25) is 4.98 Å². The molecule has 0 saturated heterocycles. The molecule has 128 valence electrons. The van der Waals surface area contributed by atoms with Crippen molar-refractivity contribution in [1.29, 1.82) is 0 Å². The maximum atomic E-state index is 11.9. The molecule has 0 aliphatic rings. The number of hydrogen-bond acceptors (Lipinski definition) is 7. The zero-order valence-corrected chi connectivity index (χ0v) is 14.3. The van der Waals surface area contributed by atoms with E-state index >= 15 is 0 Å². The van der Waals surface area contributed by atoms with Crippen LogP contribution in [0.25, 0.3) is 28.4 Å². The van der Waals surface area contributed by atoms with Gasteiger partial charge in [-0.25, -0.2) is 4.79 Å². The smallest absolute Gasteiger partial charge is 0.331 e. The lowest BCUT2D eigenvalue weighted by Gasteiger charge is -2.00. The molecule has 4 rings (SSSR count). The highest BCUT2D eigenvalue weighted by Crippen LogP contribution is 2.19. The Labute approximate surface area is 152 Å². The second-order valence-electron chi connectivity index (χ2n) is 5.39. The largest absolute Gasteiger partial charge is 0.452 e. The van der Waals surface area contributed by atoms with Crippen LogP contribution < -0.4 is 0 Å². The molecule has 1 aromatic carbocycles. The second-order valence-corrected chi connectivity index (χ2v) is 6.17. The number of aromatic nitrogens is 3. The number of ether oxygens (including phenoxy) is 1. The van der Waals surface area contributed by atoms with Gasteiger partial charge in [-0.1, -0.05) is 29.4 Å². The third-order valence-electron chi connectivity index (χ3n) is 3.65. The van der Waals surface area contributed by atoms with Crippen LogP contribution in [0.4, 0.5) is 0 Å². The molecule has 0 saturated carbocycles. The first kappa shape index (κ1) is 16.2. The van der Waals surface area contributed by atoms with Crippen molar-refractivity contribution in [2.45, 2.75) is 6.61 Å². The first-order chi connectivity index (χ1) is 12.8. The summed E-state index contributed by atoms with van der Waals surface area (Å²) in [5.41, 5.74) is 2.55. The number of fused-ring (bicyclic) bond motifs is 1. The zero-order valence-electron chi connectivity index (χ0n) is 13.5. The maximum absolute atomic E-state index is 11.9. The molecule has 0 radical (unpaired) electrons. The predicted octanol–water partition coefficient (Wildman–Crippen LogP) is 4.10. The Bertz CT molecular complexity index is 1070. The molecule has 0 spiro atoms. The van der Waals surface area contributed by atoms with E-state index in [1.54, 1.807) is 23.6 Å². The van der Waals surface area contributed by atoms with Crippen molar-refractivity contribution in [3.8, 4) is 11.4 Å². The summed E-state index contributed by atoms with van der Waals surface area (Å²) in [6.45, 7) is -0.0753. The van der Waals surface area contributed by atoms with Crippen LogP contribution in [-0.2, 0) is 16.1 Å². The van der Waals surface area contributed by atoms with Gasteiger partial charge in [-0.05, 0) is 23.6 Å². The fourth-order valence-corrected chi connectivity index (χ4v) is 3.06. The summed E-state index contributed by atoms with van der Waals surface area (Å²) >= 11 is 1.55. The van der Waals surface area contributed by atoms with Crippen LogP contribution in [0.2, 0.25) is 0 Å². The van der Waals surface area contributed by atoms with Crippen LogP contribution in [0.15, 0.2) is 64.0 Å². The summed E-state index contributed by atoms with van der Waals surface area (Å²) < 4.78 is 10.2. The van der Waals surface area contributed by atoms with Gasteiger partial charge in [0.05, 0.1) is 5.52 Å². The Kier molecular flexibility index (Phi) is 4.53. The molecule has 4 aromatic rings. The minimum absolute atomic E-state index is 0.0753. The topological polar surface area (TPSA) is 78.1 Å². The Morgan fingerprint density at radius 2 is 2.15 bits per heavy atom. The van der Waals surface area contributed by atoms with Crippen molar-refractivity contribution in [3.63, 3.8) is 0 Å². The monoisotopic (exact) mass is 363 g/mol. The van der Waals surface area contributed by atoms with Crippen molar-refractivity contribution in [2.24, 2.45) is 0 Å². The van der Waals surface area contributed by atoms with Gasteiger partial charge in [0.25, 0.3) is 5.89 Å². The lowest BCUT2D eigenvalue weighted by atomic mass is 10.1. The maximum Gasteiger partial charge on any atom is 0.331 e. The van der Waals surface area contributed by atoms with Crippen LogP contribution in [0.5, 0.6) is 0 Å². The summed E-state index contributed by atoms with van der Waals surface area (Å²) in [7, 11) is 0. The fourth-order valence-electron chi connectivity index (χ4n) is 2.42. The molecule has 0 bridgehead atoms. The lowest BCUT2D eigenvalue weighted by Crippen LogP contribution is -2.01. The van der Waals surface area contributed by atoms with E-state index in [0.29, 0.717) is 5.82 Å². The van der Waals surface area contributed by atoms with Gasteiger partial charge >= 0.3 is 5.97 Å². The molecule has 0 unspecified atom stereocenters. The first-order valence-corrected chi connectivity index (χ1v) is 8.77. The number of carbonyl (C=O) groups excluding carboxylic acids is 1. The molecule has 0 fully saturated rings. The summed E-state index contributed by atoms with van der Waals surface area (Å²) in [4.78, 5) is 20.5. The van der Waals surface area contributed by atoms with Crippen LogP contribution in [0, 0.1) is 0 Å². The summed E-state index contributed by atoms with van der Waals surface area (Å²) in [6, 6.07) is 11.5. The molecule has 3 aromatic heterocycles. The number of rotatable bonds is 5. The number of esters is 1. The predicted molar refractivity (Wildman–Crippen MR) is 98.2 cm³/mol. The lowest BCUT2D eigenvalue weighted by molar-refractivity contribution is -0.139. The van der Waals surface area contributed by atoms with E-state index in [2.05, 4.69) is 15.1 Å². The molecular weight excluding hydrogens is 350 g/mol. The molecule has 0 atom stereocenters. The Morgan fingerprint density at radius 1 is 1.23 bits per heavy atom. The van der Waals surface area contributed by atoms with E-state index in [1.807, 2.05) is 47.2 Å². The summed E-state index contributed by atoms with van der Waals surface area (Å²) in [5.74, 6) is 0.239. The van der Waals surface area contributed by atoms with E-state index in [4.69, 9.17) is 9.26 Å². The SMILES string of the molecule is O=C(/C=C/c1cccc2cccnc12)OCc1nc(-c2ccsc2)no1. The second kappa shape index (κ2) is 7.28.